The molecule has 0 amide bonds. The average molecular weight is 837 g/mol. The lowest BCUT2D eigenvalue weighted by Crippen LogP contribution is -2.05. The maximum atomic E-state index is 14.4. The Labute approximate surface area is 348 Å². The van der Waals surface area contributed by atoms with Crippen LogP contribution in [-0.2, 0) is 12.8 Å². The lowest BCUT2D eigenvalue weighted by Gasteiger charge is -2.09. The summed E-state index contributed by atoms with van der Waals surface area (Å²) in [5.74, 6) is -0.665. The first-order chi connectivity index (χ1) is 28.9. The number of nitrogen functional groups attached to an aromatic ring is 1. The molecule has 0 aromatic heterocycles. The summed E-state index contributed by atoms with van der Waals surface area (Å²) in [7, 11) is 0. The minimum absolute atomic E-state index is 0.0105. The molecule has 0 atom stereocenters. The fourth-order valence-electron chi connectivity index (χ4n) is 5.92. The number of unbranched alkanes of at least 4 members (excludes halogenated alkanes) is 2. The molecule has 2 N–H and O–H groups in total. The van der Waals surface area contributed by atoms with Gasteiger partial charge < -0.3 is 5.73 Å². The summed E-state index contributed by atoms with van der Waals surface area (Å²) < 4.78 is 112. The van der Waals surface area contributed by atoms with Crippen LogP contribution in [0.4, 0.5) is 46.5 Å². The summed E-state index contributed by atoms with van der Waals surface area (Å²) >= 11 is 4.26. The number of hydrogen-bond donors (Lipinski definition) is 1. The number of anilines is 1. The van der Waals surface area contributed by atoms with Gasteiger partial charge in [-0.25, -0.2) is 35.1 Å². The summed E-state index contributed by atoms with van der Waals surface area (Å²) in [6.07, 6.45) is 6.61. The number of nitrogens with zero attached hydrogens (tertiary/aromatic N) is 1. The van der Waals surface area contributed by atoms with E-state index in [1.165, 1.54) is 59.7 Å². The third kappa shape index (κ3) is 10.7. The Morgan fingerprint density at radius 1 is 0.450 bits per heavy atom. The van der Waals surface area contributed by atoms with Crippen molar-refractivity contribution in [3.63, 3.8) is 0 Å². The fraction of sp³-hybridized carbons (Fsp3) is 0.163. The lowest BCUT2D eigenvalue weighted by atomic mass is 10.0. The molecule has 6 aromatic rings. The normalized spacial score (nSPS) is 10.4. The zero-order valence-electron chi connectivity index (χ0n) is 32.4. The van der Waals surface area contributed by atoms with Gasteiger partial charge in [-0.2, -0.15) is 4.99 Å². The standard InChI is InChI=1S/C25H17F4NS.C24H19F4N/c1-2-3-4-16-5-7-17(8-6-16)9-10-18-11-13-19(14-12-18)20-21(26)23(28)25(30-15-31)24(29)22(20)27;1-2-3-4-15-5-7-16(8-6-15)9-10-17-11-13-18(14-12-17)19-20(25)22(27)24(29)23(28)21(19)26/h5-8,11-14H,2-4H2,1H3;5-8,11-14H,2-4,29H2,1H3. The topological polar surface area (TPSA) is 38.4 Å². The zero-order valence-corrected chi connectivity index (χ0v) is 33.3. The van der Waals surface area contributed by atoms with Crippen molar-refractivity contribution in [1.29, 1.82) is 0 Å². The van der Waals surface area contributed by atoms with E-state index < -0.39 is 69.0 Å². The minimum Gasteiger partial charge on any atom is -0.394 e. The molecule has 0 heterocycles. The van der Waals surface area contributed by atoms with Gasteiger partial charge in [0.1, 0.15) is 5.69 Å². The number of nitrogens with two attached hydrogens (primary N) is 1. The van der Waals surface area contributed by atoms with Crippen LogP contribution in [0.2, 0.25) is 0 Å². The van der Waals surface area contributed by atoms with Gasteiger partial charge in [-0.05, 0) is 109 Å². The molecule has 0 bridgehead atoms. The Morgan fingerprint density at radius 3 is 1.05 bits per heavy atom. The Morgan fingerprint density at radius 2 is 0.750 bits per heavy atom. The first kappa shape index (κ1) is 44.6. The van der Waals surface area contributed by atoms with E-state index in [0.29, 0.717) is 11.1 Å². The quantitative estimate of drug-likeness (QED) is 0.0393. The van der Waals surface area contributed by atoms with E-state index in [0.717, 1.165) is 49.7 Å². The van der Waals surface area contributed by atoms with Crippen LogP contribution in [0, 0.1) is 70.2 Å². The monoisotopic (exact) mass is 836 g/mol. The second kappa shape index (κ2) is 20.9. The molecular weight excluding hydrogens is 801 g/mol. The van der Waals surface area contributed by atoms with Gasteiger partial charge in [0.15, 0.2) is 52.2 Å². The van der Waals surface area contributed by atoms with Gasteiger partial charge in [0.25, 0.3) is 0 Å². The number of hydrogen-bond acceptors (Lipinski definition) is 3. The van der Waals surface area contributed by atoms with Crippen molar-refractivity contribution in [2.45, 2.75) is 52.4 Å². The SMILES string of the molecule is CCCCc1ccc(C#Cc2ccc(-c3c(F)c(F)c(N)c(F)c3F)cc2)cc1.CCCCc1ccc(C#Cc2ccc(-c3c(F)c(F)c(N=C=S)c(F)c3F)cc2)cc1. The molecule has 60 heavy (non-hydrogen) atoms. The van der Waals surface area contributed by atoms with Crippen LogP contribution in [0.1, 0.15) is 72.9 Å². The number of rotatable bonds is 9. The molecule has 0 saturated carbocycles. The third-order valence-electron chi connectivity index (χ3n) is 9.29. The van der Waals surface area contributed by atoms with Crippen LogP contribution < -0.4 is 5.73 Å². The number of aryl methyl sites for hydroxylation is 2. The summed E-state index contributed by atoms with van der Waals surface area (Å²) in [5, 5.41) is 1.71. The first-order valence-corrected chi connectivity index (χ1v) is 19.3. The van der Waals surface area contributed by atoms with E-state index in [-0.39, 0.29) is 11.1 Å². The molecule has 0 fully saturated rings. The summed E-state index contributed by atoms with van der Waals surface area (Å²) in [5.41, 5.74) is 6.43. The third-order valence-corrected chi connectivity index (χ3v) is 9.38. The number of thiocarbonyl (C=S) groups is 1. The molecule has 6 rings (SSSR count). The van der Waals surface area contributed by atoms with Crippen LogP contribution >= 0.6 is 12.2 Å². The van der Waals surface area contributed by atoms with E-state index in [2.05, 4.69) is 54.7 Å². The van der Waals surface area contributed by atoms with Crippen molar-refractivity contribution in [2.24, 2.45) is 4.99 Å². The van der Waals surface area contributed by atoms with Gasteiger partial charge in [0, 0.05) is 22.3 Å². The van der Waals surface area contributed by atoms with E-state index in [4.69, 9.17) is 5.73 Å². The van der Waals surface area contributed by atoms with Crippen LogP contribution in [0.15, 0.2) is 102 Å². The predicted molar refractivity (Wildman–Crippen MR) is 225 cm³/mol. The molecular formula is C49H36F8N2S. The second-order valence-corrected chi connectivity index (χ2v) is 13.7. The zero-order chi connectivity index (χ0) is 43.3. The van der Waals surface area contributed by atoms with Crippen LogP contribution in [0.25, 0.3) is 22.3 Å². The molecule has 6 aromatic carbocycles. The van der Waals surface area contributed by atoms with Gasteiger partial charge in [-0.1, -0.05) is 98.9 Å². The van der Waals surface area contributed by atoms with Gasteiger partial charge in [-0.3, -0.25) is 0 Å². The maximum absolute atomic E-state index is 14.4. The Hall–Kier alpha value is -6.52. The first-order valence-electron chi connectivity index (χ1n) is 18.9. The molecule has 0 aliphatic carbocycles. The summed E-state index contributed by atoms with van der Waals surface area (Å²) in [6.45, 7) is 4.29. The number of benzene rings is 6. The second-order valence-electron chi connectivity index (χ2n) is 13.5. The van der Waals surface area contributed by atoms with Crippen molar-refractivity contribution >= 4 is 28.8 Å². The van der Waals surface area contributed by atoms with Crippen molar-refractivity contribution in [3.8, 4) is 45.9 Å². The Bertz CT molecular complexity index is 2590. The Kier molecular flexibility index (Phi) is 15.6. The molecule has 0 saturated heterocycles. The van der Waals surface area contributed by atoms with Crippen molar-refractivity contribution < 1.29 is 35.1 Å². The van der Waals surface area contributed by atoms with Crippen LogP contribution in [0.3, 0.4) is 0 Å². The number of aliphatic imine (C=N–C) groups is 1. The highest BCUT2D eigenvalue weighted by Crippen LogP contribution is 2.36. The van der Waals surface area contributed by atoms with Gasteiger partial charge >= 0.3 is 0 Å². The van der Waals surface area contributed by atoms with E-state index in [1.54, 1.807) is 5.16 Å². The van der Waals surface area contributed by atoms with Crippen molar-refractivity contribution in [1.82, 2.24) is 0 Å². The van der Waals surface area contributed by atoms with Gasteiger partial charge in [-0.15, -0.1) is 0 Å². The highest BCUT2D eigenvalue weighted by molar-refractivity contribution is 7.78. The highest BCUT2D eigenvalue weighted by atomic mass is 32.1. The van der Waals surface area contributed by atoms with E-state index in [9.17, 15) is 35.1 Å². The summed E-state index contributed by atoms with van der Waals surface area (Å²) in [4.78, 5) is 3.07. The van der Waals surface area contributed by atoms with Crippen molar-refractivity contribution in [3.05, 3.63) is 177 Å². The molecule has 2 nitrogen and oxygen atoms in total. The lowest BCUT2D eigenvalue weighted by molar-refractivity contribution is 0.462. The molecule has 11 heteroatoms. The maximum Gasteiger partial charge on any atom is 0.189 e. The predicted octanol–water partition coefficient (Wildman–Crippen LogP) is 13.6. The highest BCUT2D eigenvalue weighted by Gasteiger charge is 2.27. The number of isothiocyanates is 1. The minimum atomic E-state index is -1.63. The van der Waals surface area contributed by atoms with Gasteiger partial charge in [0.2, 0.25) is 0 Å². The van der Waals surface area contributed by atoms with Crippen LogP contribution in [0.5, 0.6) is 0 Å². The number of halogens is 8. The molecule has 0 aliphatic rings. The van der Waals surface area contributed by atoms with Crippen LogP contribution in [-0.4, -0.2) is 5.16 Å². The fourth-order valence-corrected chi connectivity index (χ4v) is 6.01. The smallest absolute Gasteiger partial charge is 0.189 e. The molecule has 304 valence electrons. The van der Waals surface area contributed by atoms with E-state index >= 15 is 0 Å². The largest absolute Gasteiger partial charge is 0.394 e. The molecule has 0 aliphatic heterocycles. The van der Waals surface area contributed by atoms with Gasteiger partial charge in [0.05, 0.1) is 16.3 Å². The molecule has 0 radical (unpaired) electrons. The molecule has 0 spiro atoms. The Balaban J connectivity index is 0.000000228. The van der Waals surface area contributed by atoms with Crippen molar-refractivity contribution in [2.75, 3.05) is 5.73 Å². The average Bonchev–Trinajstić information content (AvgIpc) is 3.27. The summed E-state index contributed by atoms with van der Waals surface area (Å²) in [6, 6.07) is 27.4. The molecule has 0 unspecified atom stereocenters. The van der Waals surface area contributed by atoms with E-state index in [1.807, 2.05) is 48.5 Å².